The number of ether oxygens (including phenoxy) is 1. The molecule has 0 radical (unpaired) electrons. The summed E-state index contributed by atoms with van der Waals surface area (Å²) in [5.41, 5.74) is 2.46. The number of halogens is 1. The Balaban J connectivity index is 1.45. The average Bonchev–Trinajstić information content (AvgIpc) is 3.14. The molecule has 0 atom stereocenters. The number of amides is 1. The molecular weight excluding hydrogens is 341 g/mol. The van der Waals surface area contributed by atoms with Crippen LogP contribution in [0.4, 0.5) is 4.39 Å². The van der Waals surface area contributed by atoms with E-state index in [-0.39, 0.29) is 18.9 Å². The molecule has 0 saturated heterocycles. The first-order valence-corrected chi connectivity index (χ1v) is 8.82. The van der Waals surface area contributed by atoms with E-state index in [2.05, 4.69) is 15.3 Å². The summed E-state index contributed by atoms with van der Waals surface area (Å²) in [5.74, 6) is -0.849. The zero-order valence-electron chi connectivity index (χ0n) is 16.3. The summed E-state index contributed by atoms with van der Waals surface area (Å²) < 4.78 is 42.4. The van der Waals surface area contributed by atoms with Gasteiger partial charge in [-0.2, -0.15) is 0 Å². The van der Waals surface area contributed by atoms with Gasteiger partial charge >= 0.3 is 0 Å². The molecule has 1 fully saturated rings. The van der Waals surface area contributed by atoms with Crippen molar-refractivity contribution in [2.45, 2.75) is 32.8 Å². The summed E-state index contributed by atoms with van der Waals surface area (Å²) in [6, 6.07) is 4.64. The van der Waals surface area contributed by atoms with Crippen LogP contribution in [0.1, 0.15) is 35.2 Å². The van der Waals surface area contributed by atoms with E-state index in [0.29, 0.717) is 29.4 Å². The number of hydrogen-bond acceptors (Lipinski definition) is 4. The summed E-state index contributed by atoms with van der Waals surface area (Å²) in [5, 5.41) is 5.15. The highest BCUT2D eigenvalue weighted by atomic mass is 32.1. The van der Waals surface area contributed by atoms with Crippen LogP contribution in [-0.2, 0) is 17.9 Å². The van der Waals surface area contributed by atoms with Crippen LogP contribution in [0.5, 0.6) is 5.75 Å². The molecule has 0 aliphatic heterocycles. The third kappa shape index (κ3) is 3.37. The number of carbonyl (C=O) groups excluding carboxylic acids is 1. The minimum Gasteiger partial charge on any atom is -0.484 e. The molecule has 3 aromatic rings. The minimum absolute atomic E-state index is 0.109. The van der Waals surface area contributed by atoms with Crippen molar-refractivity contribution >= 4 is 28.1 Å². The highest BCUT2D eigenvalue weighted by Gasteiger charge is 2.44. The van der Waals surface area contributed by atoms with Gasteiger partial charge in [-0.1, -0.05) is 6.85 Å². The van der Waals surface area contributed by atoms with Crippen LogP contribution < -0.4 is 10.1 Å². The van der Waals surface area contributed by atoms with Crippen LogP contribution in [0.3, 0.4) is 0 Å². The van der Waals surface area contributed by atoms with Crippen LogP contribution in [-0.4, -0.2) is 15.9 Å². The van der Waals surface area contributed by atoms with E-state index in [1.165, 1.54) is 17.4 Å². The Morgan fingerprint density at radius 1 is 1.52 bits per heavy atom. The van der Waals surface area contributed by atoms with E-state index in [0.717, 1.165) is 5.69 Å². The fourth-order valence-corrected chi connectivity index (χ4v) is 3.10. The normalized spacial score (nSPS) is 17.6. The third-order valence-electron chi connectivity index (χ3n) is 4.21. The lowest BCUT2D eigenvalue weighted by Crippen LogP contribution is -2.29. The minimum atomic E-state index is -2.30. The summed E-state index contributed by atoms with van der Waals surface area (Å²) in [6.07, 6.45) is 0.736. The summed E-state index contributed by atoms with van der Waals surface area (Å²) in [4.78, 5) is 19.5. The molecular formula is C18H18FN3O2S. The molecule has 7 heteroatoms. The number of H-pyrrole nitrogens is 1. The number of benzene rings is 1. The van der Waals surface area contributed by atoms with Crippen LogP contribution in [0.15, 0.2) is 29.1 Å². The molecule has 5 nitrogen and oxygen atoms in total. The van der Waals surface area contributed by atoms with Gasteiger partial charge in [-0.3, -0.25) is 4.79 Å². The number of aromatic nitrogens is 2. The first kappa shape index (κ1) is 12.9. The molecule has 2 heterocycles. The molecule has 2 aromatic heterocycles. The number of fused-ring (bicyclic) bond motifs is 1. The Kier molecular flexibility index (Phi) is 3.17. The number of rotatable bonds is 6. The van der Waals surface area contributed by atoms with Crippen molar-refractivity contribution in [3.63, 3.8) is 0 Å². The molecule has 2 N–H and O–H groups in total. The Hall–Kier alpha value is -2.41. The number of hydrogen-bond donors (Lipinski definition) is 2. The van der Waals surface area contributed by atoms with E-state index in [1.807, 2.05) is 5.38 Å². The molecule has 0 unspecified atom stereocenters. The molecule has 0 spiro atoms. The molecule has 1 saturated carbocycles. The Morgan fingerprint density at radius 3 is 3.12 bits per heavy atom. The first-order valence-electron chi connectivity index (χ1n) is 9.38. The molecule has 1 aliphatic rings. The van der Waals surface area contributed by atoms with Crippen molar-refractivity contribution in [1.82, 2.24) is 15.3 Å². The van der Waals surface area contributed by atoms with Crippen LogP contribution in [0.2, 0.25) is 0 Å². The predicted molar refractivity (Wildman–Crippen MR) is 93.9 cm³/mol. The number of thiazole rings is 1. The number of nitrogens with one attached hydrogen (secondary N) is 2. The molecule has 1 aliphatic carbocycles. The number of nitrogens with zero attached hydrogens (tertiary/aromatic N) is 1. The third-order valence-corrected chi connectivity index (χ3v) is 4.85. The van der Waals surface area contributed by atoms with Gasteiger partial charge in [-0.25, -0.2) is 9.37 Å². The van der Waals surface area contributed by atoms with Crippen molar-refractivity contribution in [1.29, 1.82) is 0 Å². The van der Waals surface area contributed by atoms with E-state index in [1.54, 1.807) is 17.6 Å². The topological polar surface area (TPSA) is 67.0 Å². The van der Waals surface area contributed by atoms with Gasteiger partial charge in [0, 0.05) is 37.6 Å². The van der Waals surface area contributed by atoms with Crippen molar-refractivity contribution < 1.29 is 18.0 Å². The first-order chi connectivity index (χ1) is 13.3. The van der Waals surface area contributed by atoms with Gasteiger partial charge in [0.25, 0.3) is 0 Å². The zero-order chi connectivity index (χ0) is 19.9. The standard InChI is InChI=1S/C18H18FN3O2S/c1-18(2-3-18)17(23)20-7-12-4-11-5-14(19)16(6-15(11)22-12)24-8-13-9-25-10-21-13/h4-6,9-10,22H,2-3,7-8H2,1H3,(H,20,23)/i1D3. The quantitative estimate of drug-likeness (QED) is 0.702. The van der Waals surface area contributed by atoms with E-state index >= 15 is 0 Å². The van der Waals surface area contributed by atoms with Gasteiger partial charge in [0.2, 0.25) is 5.91 Å². The highest BCUT2D eigenvalue weighted by molar-refractivity contribution is 7.07. The molecule has 0 bridgehead atoms. The van der Waals surface area contributed by atoms with E-state index in [4.69, 9.17) is 8.85 Å². The van der Waals surface area contributed by atoms with Gasteiger partial charge in [-0.15, -0.1) is 11.3 Å². The maximum atomic E-state index is 14.3. The molecule has 4 rings (SSSR count). The summed E-state index contributed by atoms with van der Waals surface area (Å²) >= 11 is 1.44. The van der Waals surface area contributed by atoms with Crippen molar-refractivity contribution in [2.75, 3.05) is 0 Å². The predicted octanol–water partition coefficient (Wildman–Crippen LogP) is 3.76. The fraction of sp³-hybridized carbons (Fsp3) is 0.333. The largest absolute Gasteiger partial charge is 0.484 e. The molecule has 1 aromatic carbocycles. The second-order valence-corrected chi connectivity index (χ2v) is 6.92. The van der Waals surface area contributed by atoms with Crippen molar-refractivity contribution in [3.8, 4) is 5.75 Å². The maximum absolute atomic E-state index is 14.3. The Bertz CT molecular complexity index is 1010. The van der Waals surface area contributed by atoms with Gasteiger partial charge < -0.3 is 15.0 Å². The lowest BCUT2D eigenvalue weighted by Gasteiger charge is -2.08. The van der Waals surface area contributed by atoms with Gasteiger partial charge in [-0.05, 0) is 25.0 Å². The SMILES string of the molecule is [2H]C([2H])([2H])C1(C(=O)NCc2cc3cc(F)c(OCc4cscn4)cc3[nH]2)CC1. The monoisotopic (exact) mass is 362 g/mol. The Morgan fingerprint density at radius 2 is 2.40 bits per heavy atom. The van der Waals surface area contributed by atoms with Crippen LogP contribution in [0.25, 0.3) is 10.9 Å². The van der Waals surface area contributed by atoms with Gasteiger partial charge in [0.15, 0.2) is 11.6 Å². The maximum Gasteiger partial charge on any atom is 0.226 e. The fourth-order valence-electron chi connectivity index (χ4n) is 2.56. The van der Waals surface area contributed by atoms with Gasteiger partial charge in [0.1, 0.15) is 6.61 Å². The second-order valence-electron chi connectivity index (χ2n) is 6.20. The lowest BCUT2D eigenvalue weighted by atomic mass is 10.1. The van der Waals surface area contributed by atoms with Gasteiger partial charge in [0.05, 0.1) is 17.7 Å². The highest BCUT2D eigenvalue weighted by Crippen LogP contribution is 2.45. The van der Waals surface area contributed by atoms with Crippen molar-refractivity contribution in [2.24, 2.45) is 5.41 Å². The smallest absolute Gasteiger partial charge is 0.226 e. The summed E-state index contributed by atoms with van der Waals surface area (Å²) in [7, 11) is 0. The second kappa shape index (κ2) is 6.15. The van der Waals surface area contributed by atoms with Crippen LogP contribution >= 0.6 is 11.3 Å². The zero-order valence-corrected chi connectivity index (χ0v) is 14.1. The van der Waals surface area contributed by atoms with Crippen LogP contribution in [0, 0.1) is 11.2 Å². The van der Waals surface area contributed by atoms with E-state index in [9.17, 15) is 9.18 Å². The number of aromatic amines is 1. The molecule has 25 heavy (non-hydrogen) atoms. The lowest BCUT2D eigenvalue weighted by molar-refractivity contribution is -0.125. The number of carbonyl (C=O) groups is 1. The average molecular weight is 362 g/mol. The van der Waals surface area contributed by atoms with Crippen molar-refractivity contribution in [3.05, 3.63) is 46.3 Å². The van der Waals surface area contributed by atoms with E-state index < -0.39 is 24.0 Å². The Labute approximate surface area is 152 Å². The summed E-state index contributed by atoms with van der Waals surface area (Å²) in [6.45, 7) is -1.99. The molecule has 130 valence electrons. The molecule has 1 amide bonds.